The summed E-state index contributed by atoms with van der Waals surface area (Å²) >= 11 is 9.35. The molecule has 0 aliphatic heterocycles. The number of aliphatic hydroxyl groups excluding tert-OH is 1. The van der Waals surface area contributed by atoms with Crippen molar-refractivity contribution in [2.45, 2.75) is 32.2 Å². The molecule has 0 amide bonds. The Kier molecular flexibility index (Phi) is 20.6. The minimum absolute atomic E-state index is 0.0425. The second-order valence-corrected chi connectivity index (χ2v) is 11.6. The lowest BCUT2D eigenvalue weighted by Gasteiger charge is -2.07. The maximum absolute atomic E-state index is 11.7. The third-order valence-corrected chi connectivity index (χ3v) is 7.02. The van der Waals surface area contributed by atoms with E-state index in [-0.39, 0.29) is 22.3 Å². The van der Waals surface area contributed by atoms with Crippen molar-refractivity contribution in [3.8, 4) is 11.4 Å². The van der Waals surface area contributed by atoms with Gasteiger partial charge in [-0.25, -0.2) is 24.9 Å². The number of carbonyl (C=O) groups is 1. The van der Waals surface area contributed by atoms with E-state index in [2.05, 4.69) is 73.7 Å². The molecule has 0 saturated heterocycles. The average molecular weight is 772 g/mol. The van der Waals surface area contributed by atoms with Crippen LogP contribution >= 0.6 is 39.5 Å². The quantitative estimate of drug-likeness (QED) is 0.0708. The number of anilines is 3. The molecule has 5 aromatic rings. The number of aromatic nitrogens is 7. The van der Waals surface area contributed by atoms with Gasteiger partial charge in [0.25, 0.3) is 0 Å². The summed E-state index contributed by atoms with van der Waals surface area (Å²) in [6, 6.07) is 14.5. The number of nitrogens with two attached hydrogens (primary N) is 1. The number of nitrogens with zero attached hydrogens (tertiary/aromatic N) is 7. The van der Waals surface area contributed by atoms with Crippen molar-refractivity contribution in [2.24, 2.45) is 5.73 Å². The van der Waals surface area contributed by atoms with Gasteiger partial charge in [0.15, 0.2) is 16.0 Å². The minimum atomic E-state index is -0.308. The Labute approximate surface area is 303 Å². The van der Waals surface area contributed by atoms with E-state index in [0.29, 0.717) is 44.0 Å². The molecule has 0 aliphatic carbocycles. The lowest BCUT2D eigenvalue weighted by Crippen LogP contribution is -2.21. The SMILES string of the molecule is CCO.CCOCC(Br)C(=O)c1ccccn1.CCOCc1sc(Nc2ncccn2)nc1-c1ccccn1.NC(=S)Nc1ncccn1. The number of nitrogens with one attached hydrogen (secondary N) is 2. The molecule has 49 heavy (non-hydrogen) atoms. The second-order valence-electron chi connectivity index (χ2n) is 8.92. The van der Waals surface area contributed by atoms with Gasteiger partial charge in [0.05, 0.1) is 23.8 Å². The van der Waals surface area contributed by atoms with E-state index in [1.54, 1.807) is 74.4 Å². The Balaban J connectivity index is 0.000000265. The van der Waals surface area contributed by atoms with Gasteiger partial charge in [-0.05, 0) is 69.4 Å². The fraction of sp³-hybridized carbons (Fsp3) is 0.281. The molecule has 5 aromatic heterocycles. The fourth-order valence-electron chi connectivity index (χ4n) is 3.30. The number of ketones is 1. The summed E-state index contributed by atoms with van der Waals surface area (Å²) in [6.45, 7) is 7.95. The zero-order chi connectivity index (χ0) is 35.7. The van der Waals surface area contributed by atoms with Crippen LogP contribution in [-0.2, 0) is 16.1 Å². The highest BCUT2D eigenvalue weighted by atomic mass is 79.9. The zero-order valence-corrected chi connectivity index (χ0v) is 30.5. The molecule has 0 aromatic carbocycles. The summed E-state index contributed by atoms with van der Waals surface area (Å²) in [7, 11) is 0. The maximum Gasteiger partial charge on any atom is 0.228 e. The monoisotopic (exact) mass is 770 g/mol. The Morgan fingerprint density at radius 2 is 1.45 bits per heavy atom. The first-order chi connectivity index (χ1) is 23.8. The molecular weight excluding hydrogens is 732 g/mol. The predicted molar refractivity (Wildman–Crippen MR) is 199 cm³/mol. The molecule has 1 atom stereocenters. The second kappa shape index (κ2) is 24.7. The van der Waals surface area contributed by atoms with Crippen LogP contribution in [0.25, 0.3) is 11.4 Å². The summed E-state index contributed by atoms with van der Waals surface area (Å²) < 4.78 is 10.7. The number of aliphatic hydroxyl groups is 1. The molecule has 5 heterocycles. The molecule has 260 valence electrons. The van der Waals surface area contributed by atoms with Crippen molar-refractivity contribution >= 4 is 67.4 Å². The minimum Gasteiger partial charge on any atom is -0.397 e. The van der Waals surface area contributed by atoms with Gasteiger partial charge < -0.3 is 30.9 Å². The van der Waals surface area contributed by atoms with E-state index >= 15 is 0 Å². The number of alkyl halides is 1. The standard InChI is InChI=1S/C15H15N5OS.C10H12BrNO2.C5H6N4S.C2H6O/c1-2-21-10-12-13(11-6-3-4-7-16-11)19-15(22-12)20-14-17-8-5-9-18-14;1-2-14-7-8(11)10(13)9-5-3-4-6-12-9;6-4(10)9-5-7-2-1-3-8-5;1-2-3/h3-9H,2,10H2,1H3,(H,17,18,19,20);3-6,8H,2,7H2,1H3;1-3H,(H3,6,7,8,9,10);3H,2H2,1H3. The van der Waals surface area contributed by atoms with Crippen molar-refractivity contribution in [3.05, 3.63) is 96.3 Å². The summed E-state index contributed by atoms with van der Waals surface area (Å²) in [6.07, 6.45) is 9.94. The number of Topliss-reactive ketones (excluding diaryl/α,β-unsaturated/α-hetero) is 1. The van der Waals surface area contributed by atoms with Gasteiger partial charge in [0.2, 0.25) is 11.9 Å². The summed E-state index contributed by atoms with van der Waals surface area (Å²) in [5, 5.41) is 14.2. The van der Waals surface area contributed by atoms with E-state index in [9.17, 15) is 4.79 Å². The molecule has 5 rings (SSSR count). The smallest absolute Gasteiger partial charge is 0.228 e. The summed E-state index contributed by atoms with van der Waals surface area (Å²) in [4.78, 5) is 41.3. The summed E-state index contributed by atoms with van der Waals surface area (Å²) in [5.41, 5.74) is 7.29. The van der Waals surface area contributed by atoms with E-state index in [0.717, 1.165) is 21.4 Å². The van der Waals surface area contributed by atoms with Gasteiger partial charge in [0, 0.05) is 57.0 Å². The topological polar surface area (TPSA) is 196 Å². The summed E-state index contributed by atoms with van der Waals surface area (Å²) in [5.74, 6) is 0.904. The average Bonchev–Trinajstić information content (AvgIpc) is 3.53. The number of rotatable bonds is 12. The molecule has 0 spiro atoms. The van der Waals surface area contributed by atoms with Crippen LogP contribution in [0.15, 0.2) is 85.7 Å². The van der Waals surface area contributed by atoms with Crippen LogP contribution < -0.4 is 16.4 Å². The lowest BCUT2D eigenvalue weighted by molar-refractivity contribution is 0.0910. The first-order valence-corrected chi connectivity index (χ1v) is 17.1. The van der Waals surface area contributed by atoms with Crippen molar-refractivity contribution in [2.75, 3.05) is 37.1 Å². The number of ether oxygens (including phenoxy) is 2. The van der Waals surface area contributed by atoms with Gasteiger partial charge in [-0.3, -0.25) is 14.8 Å². The molecule has 0 fully saturated rings. The van der Waals surface area contributed by atoms with Crippen molar-refractivity contribution < 1.29 is 19.4 Å². The Morgan fingerprint density at radius 3 is 1.98 bits per heavy atom. The van der Waals surface area contributed by atoms with Crippen LogP contribution in [0.2, 0.25) is 0 Å². The van der Waals surface area contributed by atoms with Gasteiger partial charge >= 0.3 is 0 Å². The molecule has 0 radical (unpaired) electrons. The van der Waals surface area contributed by atoms with Gasteiger partial charge in [-0.15, -0.1) is 0 Å². The number of thiazole rings is 1. The third-order valence-electron chi connectivity index (χ3n) is 5.30. The van der Waals surface area contributed by atoms with E-state index in [1.807, 2.05) is 32.0 Å². The van der Waals surface area contributed by atoms with Gasteiger partial charge in [-0.1, -0.05) is 39.4 Å². The normalized spacial score (nSPS) is 10.5. The molecule has 5 N–H and O–H groups in total. The number of hydrogen-bond donors (Lipinski definition) is 4. The van der Waals surface area contributed by atoms with E-state index in [4.69, 9.17) is 20.3 Å². The number of thiocarbonyl (C=S) groups is 1. The highest BCUT2D eigenvalue weighted by Crippen LogP contribution is 2.31. The van der Waals surface area contributed by atoms with E-state index < -0.39 is 0 Å². The van der Waals surface area contributed by atoms with Crippen LogP contribution in [0.5, 0.6) is 0 Å². The molecule has 1 unspecified atom stereocenters. The Morgan fingerprint density at radius 1 is 0.878 bits per heavy atom. The fourth-order valence-corrected chi connectivity index (χ4v) is 4.71. The van der Waals surface area contributed by atoms with Crippen LogP contribution in [0, 0.1) is 0 Å². The predicted octanol–water partition coefficient (Wildman–Crippen LogP) is 5.47. The highest BCUT2D eigenvalue weighted by molar-refractivity contribution is 9.10. The molecule has 0 aliphatic rings. The molecule has 0 saturated carbocycles. The highest BCUT2D eigenvalue weighted by Gasteiger charge is 2.17. The van der Waals surface area contributed by atoms with Crippen molar-refractivity contribution in [1.82, 2.24) is 34.9 Å². The molecule has 0 bridgehead atoms. The molecule has 14 nitrogen and oxygen atoms in total. The number of pyridine rings is 2. The van der Waals surface area contributed by atoms with Crippen LogP contribution in [0.3, 0.4) is 0 Å². The van der Waals surface area contributed by atoms with Crippen LogP contribution in [-0.4, -0.2) is 82.1 Å². The van der Waals surface area contributed by atoms with Crippen LogP contribution in [0.1, 0.15) is 36.1 Å². The molecular formula is C32H39BrN10O4S2. The first-order valence-electron chi connectivity index (χ1n) is 15.0. The lowest BCUT2D eigenvalue weighted by atomic mass is 10.2. The number of halogens is 1. The van der Waals surface area contributed by atoms with Crippen molar-refractivity contribution in [3.63, 3.8) is 0 Å². The van der Waals surface area contributed by atoms with Gasteiger partial charge in [-0.2, -0.15) is 0 Å². The Bertz CT molecular complexity index is 1610. The maximum atomic E-state index is 11.7. The van der Waals surface area contributed by atoms with Gasteiger partial charge in [0.1, 0.15) is 16.2 Å². The largest absolute Gasteiger partial charge is 0.397 e. The number of hydrogen-bond acceptors (Lipinski definition) is 14. The Hall–Kier alpha value is -4.39. The van der Waals surface area contributed by atoms with Crippen LogP contribution in [0.4, 0.5) is 17.0 Å². The zero-order valence-electron chi connectivity index (χ0n) is 27.3. The first kappa shape index (κ1) is 40.8. The van der Waals surface area contributed by atoms with E-state index in [1.165, 1.54) is 11.3 Å². The van der Waals surface area contributed by atoms with Crippen molar-refractivity contribution in [1.29, 1.82) is 0 Å². The number of carbonyl (C=O) groups excluding carboxylic acids is 1. The molecule has 17 heteroatoms. The third kappa shape index (κ3) is 16.5.